The van der Waals surface area contributed by atoms with Crippen LogP contribution in [0.25, 0.3) is 0 Å². The minimum atomic E-state index is 0.270. The summed E-state index contributed by atoms with van der Waals surface area (Å²) in [7, 11) is 0. The summed E-state index contributed by atoms with van der Waals surface area (Å²) in [5.41, 5.74) is 7.83. The topological polar surface area (TPSA) is 44.5 Å². The third kappa shape index (κ3) is 2.78. The summed E-state index contributed by atoms with van der Waals surface area (Å²) in [4.78, 5) is 0. The molecule has 4 heteroatoms. The van der Waals surface area contributed by atoms with Gasteiger partial charge in [0.15, 0.2) is 0 Å². The van der Waals surface area contributed by atoms with Crippen molar-refractivity contribution in [3.63, 3.8) is 0 Å². The van der Waals surface area contributed by atoms with E-state index in [1.165, 1.54) is 0 Å². The fourth-order valence-corrected chi connectivity index (χ4v) is 1.89. The maximum absolute atomic E-state index is 5.63. The quantitative estimate of drug-likeness (QED) is 0.909. The fourth-order valence-electron chi connectivity index (χ4n) is 1.35. The molecule has 0 aliphatic carbocycles. The van der Waals surface area contributed by atoms with E-state index in [2.05, 4.69) is 15.9 Å². The molecule has 1 fully saturated rings. The summed E-state index contributed by atoms with van der Waals surface area (Å²) >= 11 is 3.51. The smallest absolute Gasteiger partial charge is 0.105 e. The molecule has 0 atom stereocenters. The molecule has 1 aliphatic rings. The van der Waals surface area contributed by atoms with Crippen molar-refractivity contribution in [1.29, 1.82) is 0 Å². The van der Waals surface area contributed by atoms with E-state index in [-0.39, 0.29) is 6.10 Å². The van der Waals surface area contributed by atoms with Crippen LogP contribution in [0.5, 0.6) is 0 Å². The van der Waals surface area contributed by atoms with Crippen LogP contribution in [0.15, 0.2) is 22.7 Å². The number of hydrogen-bond acceptors (Lipinski definition) is 3. The van der Waals surface area contributed by atoms with Gasteiger partial charge in [0.1, 0.15) is 6.10 Å². The van der Waals surface area contributed by atoms with E-state index in [4.69, 9.17) is 15.2 Å². The number of rotatable bonds is 4. The van der Waals surface area contributed by atoms with E-state index in [0.717, 1.165) is 28.8 Å². The molecule has 2 rings (SSSR count). The summed E-state index contributed by atoms with van der Waals surface area (Å²) in [6.07, 6.45) is 0.270. The molecule has 1 saturated heterocycles. The van der Waals surface area contributed by atoms with Gasteiger partial charge in [-0.2, -0.15) is 0 Å². The molecule has 1 aromatic rings. The van der Waals surface area contributed by atoms with Crippen LogP contribution in [0.1, 0.15) is 11.1 Å². The van der Waals surface area contributed by atoms with E-state index in [9.17, 15) is 0 Å². The molecule has 1 aromatic carbocycles. The first kappa shape index (κ1) is 11.1. The largest absolute Gasteiger partial charge is 0.376 e. The lowest BCUT2D eigenvalue weighted by atomic mass is 10.1. The molecule has 0 saturated carbocycles. The second kappa shape index (κ2) is 5.07. The Morgan fingerprint density at radius 2 is 2.27 bits per heavy atom. The molecular weight excluding hydrogens is 258 g/mol. The monoisotopic (exact) mass is 271 g/mol. The Morgan fingerprint density at radius 1 is 1.47 bits per heavy atom. The molecule has 1 heterocycles. The van der Waals surface area contributed by atoms with E-state index in [0.29, 0.717) is 13.2 Å². The Morgan fingerprint density at radius 3 is 2.80 bits per heavy atom. The van der Waals surface area contributed by atoms with Crippen LogP contribution >= 0.6 is 15.9 Å². The molecule has 3 nitrogen and oxygen atoms in total. The zero-order chi connectivity index (χ0) is 10.7. The maximum Gasteiger partial charge on any atom is 0.105 e. The Bertz CT molecular complexity index is 339. The van der Waals surface area contributed by atoms with Crippen LogP contribution in [0, 0.1) is 0 Å². The highest BCUT2D eigenvalue weighted by Crippen LogP contribution is 2.20. The molecular formula is C11H14BrNO2. The van der Waals surface area contributed by atoms with Crippen LogP contribution in [0.3, 0.4) is 0 Å². The van der Waals surface area contributed by atoms with Crippen molar-refractivity contribution in [3.8, 4) is 0 Å². The van der Waals surface area contributed by atoms with Gasteiger partial charge in [0.2, 0.25) is 0 Å². The van der Waals surface area contributed by atoms with Crippen molar-refractivity contribution in [2.24, 2.45) is 5.73 Å². The van der Waals surface area contributed by atoms with E-state index in [1.54, 1.807) is 0 Å². The predicted octanol–water partition coefficient (Wildman–Crippen LogP) is 1.82. The number of ether oxygens (including phenoxy) is 2. The van der Waals surface area contributed by atoms with Crippen molar-refractivity contribution in [1.82, 2.24) is 0 Å². The minimum absolute atomic E-state index is 0.270. The number of hydrogen-bond donors (Lipinski definition) is 1. The highest BCUT2D eigenvalue weighted by molar-refractivity contribution is 9.10. The van der Waals surface area contributed by atoms with Gasteiger partial charge in [-0.25, -0.2) is 0 Å². The Balaban J connectivity index is 1.95. The van der Waals surface area contributed by atoms with Crippen molar-refractivity contribution in [2.45, 2.75) is 19.3 Å². The molecule has 0 amide bonds. The average Bonchev–Trinajstić information content (AvgIpc) is 2.18. The summed E-state index contributed by atoms with van der Waals surface area (Å²) in [6.45, 7) is 2.63. The molecule has 1 aliphatic heterocycles. The first-order valence-electron chi connectivity index (χ1n) is 4.96. The molecule has 82 valence electrons. The lowest BCUT2D eigenvalue weighted by Crippen LogP contribution is -2.35. The Kier molecular flexibility index (Phi) is 3.75. The van der Waals surface area contributed by atoms with Crippen molar-refractivity contribution in [2.75, 3.05) is 13.2 Å². The molecule has 0 radical (unpaired) electrons. The summed E-state index contributed by atoms with van der Waals surface area (Å²) in [5, 5.41) is 0. The van der Waals surface area contributed by atoms with Crippen molar-refractivity contribution in [3.05, 3.63) is 33.8 Å². The number of halogens is 1. The zero-order valence-corrected chi connectivity index (χ0v) is 10.00. The van der Waals surface area contributed by atoms with Gasteiger partial charge in [0.05, 0.1) is 19.8 Å². The Hall–Kier alpha value is -0.420. The summed E-state index contributed by atoms with van der Waals surface area (Å²) < 4.78 is 11.7. The third-order valence-corrected chi connectivity index (χ3v) is 3.17. The van der Waals surface area contributed by atoms with Gasteiger partial charge < -0.3 is 15.2 Å². The van der Waals surface area contributed by atoms with E-state index < -0.39 is 0 Å². The zero-order valence-electron chi connectivity index (χ0n) is 8.41. The van der Waals surface area contributed by atoms with Crippen LogP contribution in [0.2, 0.25) is 0 Å². The fraction of sp³-hybridized carbons (Fsp3) is 0.455. The highest BCUT2D eigenvalue weighted by atomic mass is 79.9. The second-order valence-electron chi connectivity index (χ2n) is 3.60. The normalized spacial score (nSPS) is 16.4. The van der Waals surface area contributed by atoms with Crippen LogP contribution in [0.4, 0.5) is 0 Å². The van der Waals surface area contributed by atoms with Crippen molar-refractivity contribution < 1.29 is 9.47 Å². The van der Waals surface area contributed by atoms with Gasteiger partial charge >= 0.3 is 0 Å². The van der Waals surface area contributed by atoms with E-state index in [1.807, 2.05) is 18.2 Å². The molecule has 0 unspecified atom stereocenters. The lowest BCUT2D eigenvalue weighted by molar-refractivity contribution is -0.135. The Labute approximate surface area is 97.7 Å². The number of benzene rings is 1. The highest BCUT2D eigenvalue weighted by Gasteiger charge is 2.18. The molecule has 0 spiro atoms. The summed E-state index contributed by atoms with van der Waals surface area (Å²) in [6, 6.07) is 6.11. The van der Waals surface area contributed by atoms with Gasteiger partial charge in [0, 0.05) is 11.0 Å². The van der Waals surface area contributed by atoms with Crippen molar-refractivity contribution >= 4 is 15.9 Å². The first-order valence-corrected chi connectivity index (χ1v) is 5.75. The standard InChI is InChI=1S/C11H14BrNO2/c12-11-3-8(4-13)1-2-9(11)5-15-10-6-14-7-10/h1-3,10H,4-7,13H2. The first-order chi connectivity index (χ1) is 7.29. The van der Waals surface area contributed by atoms with Gasteiger partial charge in [-0.3, -0.25) is 0 Å². The molecule has 15 heavy (non-hydrogen) atoms. The van der Waals surface area contributed by atoms with Crippen LogP contribution < -0.4 is 5.73 Å². The second-order valence-corrected chi connectivity index (χ2v) is 4.45. The predicted molar refractivity (Wildman–Crippen MR) is 61.4 cm³/mol. The van der Waals surface area contributed by atoms with Crippen LogP contribution in [-0.2, 0) is 22.6 Å². The third-order valence-electron chi connectivity index (χ3n) is 2.44. The lowest BCUT2D eigenvalue weighted by Gasteiger charge is -2.26. The van der Waals surface area contributed by atoms with E-state index >= 15 is 0 Å². The van der Waals surface area contributed by atoms with Gasteiger partial charge in [-0.1, -0.05) is 28.1 Å². The SMILES string of the molecule is NCc1ccc(COC2COC2)c(Br)c1. The van der Waals surface area contributed by atoms with Gasteiger partial charge in [0.25, 0.3) is 0 Å². The maximum atomic E-state index is 5.63. The van der Waals surface area contributed by atoms with Gasteiger partial charge in [-0.05, 0) is 17.2 Å². The van der Waals surface area contributed by atoms with Crippen LogP contribution in [-0.4, -0.2) is 19.3 Å². The molecule has 2 N–H and O–H groups in total. The minimum Gasteiger partial charge on any atom is -0.376 e. The number of nitrogens with two attached hydrogens (primary N) is 1. The molecule has 0 bridgehead atoms. The summed E-state index contributed by atoms with van der Waals surface area (Å²) in [5.74, 6) is 0. The van der Waals surface area contributed by atoms with Gasteiger partial charge in [-0.15, -0.1) is 0 Å². The average molecular weight is 272 g/mol. The molecule has 0 aromatic heterocycles.